The summed E-state index contributed by atoms with van der Waals surface area (Å²) in [6.45, 7) is 4.11. The second-order valence-corrected chi connectivity index (χ2v) is 4.78. The van der Waals surface area contributed by atoms with Gasteiger partial charge in [-0.05, 0) is 31.5 Å². The summed E-state index contributed by atoms with van der Waals surface area (Å²) < 4.78 is 7.40. The van der Waals surface area contributed by atoms with Gasteiger partial charge < -0.3 is 10.1 Å². The number of ether oxygens (including phenoxy) is 1. The SMILES string of the molecule is CCC(NCCCn1cccn1)c1ccccc1OC. The molecular formula is C16H23N3O. The van der Waals surface area contributed by atoms with E-state index in [0.717, 1.165) is 31.7 Å². The van der Waals surface area contributed by atoms with Gasteiger partial charge in [0, 0.05) is 30.5 Å². The van der Waals surface area contributed by atoms with Crippen LogP contribution in [0.1, 0.15) is 31.4 Å². The highest BCUT2D eigenvalue weighted by Crippen LogP contribution is 2.26. The van der Waals surface area contributed by atoms with Gasteiger partial charge in [0.05, 0.1) is 7.11 Å². The third-order valence-corrected chi connectivity index (χ3v) is 3.44. The first kappa shape index (κ1) is 14.6. The topological polar surface area (TPSA) is 39.1 Å². The maximum atomic E-state index is 5.44. The lowest BCUT2D eigenvalue weighted by Gasteiger charge is -2.20. The summed E-state index contributed by atoms with van der Waals surface area (Å²) >= 11 is 0. The van der Waals surface area contributed by atoms with Crippen molar-refractivity contribution in [1.82, 2.24) is 15.1 Å². The first-order chi connectivity index (χ1) is 9.85. The molecule has 4 nitrogen and oxygen atoms in total. The largest absolute Gasteiger partial charge is 0.496 e. The Hall–Kier alpha value is -1.81. The first-order valence-corrected chi connectivity index (χ1v) is 7.19. The van der Waals surface area contributed by atoms with Crippen molar-refractivity contribution in [2.75, 3.05) is 13.7 Å². The summed E-state index contributed by atoms with van der Waals surface area (Å²) in [4.78, 5) is 0. The third kappa shape index (κ3) is 3.84. The van der Waals surface area contributed by atoms with Gasteiger partial charge in [-0.15, -0.1) is 0 Å². The molecule has 0 aliphatic heterocycles. The molecule has 0 saturated carbocycles. The minimum Gasteiger partial charge on any atom is -0.496 e. The van der Waals surface area contributed by atoms with Crippen LogP contribution < -0.4 is 10.1 Å². The average Bonchev–Trinajstić information content (AvgIpc) is 3.01. The number of aryl methyl sites for hydroxylation is 1. The minimum atomic E-state index is 0.337. The van der Waals surface area contributed by atoms with Crippen LogP contribution in [0.4, 0.5) is 0 Å². The van der Waals surface area contributed by atoms with Crippen molar-refractivity contribution < 1.29 is 4.74 Å². The first-order valence-electron chi connectivity index (χ1n) is 7.19. The molecule has 1 unspecified atom stereocenters. The summed E-state index contributed by atoms with van der Waals surface area (Å²) in [5.41, 5.74) is 1.23. The molecular weight excluding hydrogens is 250 g/mol. The van der Waals surface area contributed by atoms with Crippen LogP contribution in [0.25, 0.3) is 0 Å². The fraction of sp³-hybridized carbons (Fsp3) is 0.438. The van der Waals surface area contributed by atoms with Crippen LogP contribution in [-0.4, -0.2) is 23.4 Å². The van der Waals surface area contributed by atoms with Crippen molar-refractivity contribution in [1.29, 1.82) is 0 Å². The van der Waals surface area contributed by atoms with E-state index in [9.17, 15) is 0 Å². The number of methoxy groups -OCH3 is 1. The highest BCUT2D eigenvalue weighted by molar-refractivity contribution is 5.35. The van der Waals surface area contributed by atoms with Gasteiger partial charge in [0.15, 0.2) is 0 Å². The fourth-order valence-corrected chi connectivity index (χ4v) is 2.38. The molecule has 0 fully saturated rings. The number of para-hydroxylation sites is 1. The van der Waals surface area contributed by atoms with Crippen LogP contribution >= 0.6 is 0 Å². The fourth-order valence-electron chi connectivity index (χ4n) is 2.38. The van der Waals surface area contributed by atoms with Gasteiger partial charge in [0.2, 0.25) is 0 Å². The predicted molar refractivity (Wildman–Crippen MR) is 80.9 cm³/mol. The lowest BCUT2D eigenvalue weighted by molar-refractivity contribution is 0.395. The van der Waals surface area contributed by atoms with Gasteiger partial charge in [0.1, 0.15) is 5.75 Å². The molecule has 0 spiro atoms. The Kier molecular flexibility index (Phi) is 5.62. The van der Waals surface area contributed by atoms with E-state index < -0.39 is 0 Å². The van der Waals surface area contributed by atoms with Crippen molar-refractivity contribution in [3.63, 3.8) is 0 Å². The molecule has 0 radical (unpaired) electrons. The minimum absolute atomic E-state index is 0.337. The molecule has 0 aliphatic rings. The van der Waals surface area contributed by atoms with Crippen molar-refractivity contribution in [2.45, 2.75) is 32.4 Å². The number of nitrogens with one attached hydrogen (secondary N) is 1. The Balaban J connectivity index is 1.85. The van der Waals surface area contributed by atoms with E-state index in [-0.39, 0.29) is 0 Å². The van der Waals surface area contributed by atoms with Crippen molar-refractivity contribution in [3.8, 4) is 5.75 Å². The summed E-state index contributed by atoms with van der Waals surface area (Å²) in [7, 11) is 1.73. The maximum Gasteiger partial charge on any atom is 0.123 e. The Morgan fingerprint density at radius 3 is 2.85 bits per heavy atom. The van der Waals surface area contributed by atoms with Crippen molar-refractivity contribution in [3.05, 3.63) is 48.3 Å². The number of benzene rings is 1. The Morgan fingerprint density at radius 1 is 1.30 bits per heavy atom. The molecule has 0 aliphatic carbocycles. The molecule has 1 atom stereocenters. The van der Waals surface area contributed by atoms with Gasteiger partial charge >= 0.3 is 0 Å². The quantitative estimate of drug-likeness (QED) is 0.751. The zero-order valence-corrected chi connectivity index (χ0v) is 12.2. The molecule has 2 rings (SSSR count). The Morgan fingerprint density at radius 2 is 2.15 bits per heavy atom. The predicted octanol–water partition coefficient (Wildman–Crippen LogP) is 3.02. The summed E-state index contributed by atoms with van der Waals surface area (Å²) in [5.74, 6) is 0.957. The molecule has 2 aromatic rings. The van der Waals surface area contributed by atoms with Crippen molar-refractivity contribution >= 4 is 0 Å². The van der Waals surface area contributed by atoms with E-state index >= 15 is 0 Å². The van der Waals surface area contributed by atoms with E-state index in [4.69, 9.17) is 4.74 Å². The normalized spacial score (nSPS) is 12.3. The zero-order chi connectivity index (χ0) is 14.2. The van der Waals surface area contributed by atoms with Crippen LogP contribution in [-0.2, 0) is 6.54 Å². The second kappa shape index (κ2) is 7.70. The molecule has 1 aromatic heterocycles. The van der Waals surface area contributed by atoms with Crippen LogP contribution in [0.15, 0.2) is 42.7 Å². The van der Waals surface area contributed by atoms with E-state index in [1.807, 2.05) is 35.3 Å². The lowest BCUT2D eigenvalue weighted by atomic mass is 10.0. The number of nitrogens with zero attached hydrogens (tertiary/aromatic N) is 2. The van der Waals surface area contributed by atoms with Crippen LogP contribution in [0, 0.1) is 0 Å². The number of hydrogen-bond acceptors (Lipinski definition) is 3. The average molecular weight is 273 g/mol. The zero-order valence-electron chi connectivity index (χ0n) is 12.2. The Bertz CT molecular complexity index is 496. The number of aromatic nitrogens is 2. The molecule has 0 bridgehead atoms. The molecule has 20 heavy (non-hydrogen) atoms. The monoisotopic (exact) mass is 273 g/mol. The van der Waals surface area contributed by atoms with Gasteiger partial charge in [0.25, 0.3) is 0 Å². The van der Waals surface area contributed by atoms with E-state index in [2.05, 4.69) is 29.5 Å². The van der Waals surface area contributed by atoms with Crippen LogP contribution in [0.2, 0.25) is 0 Å². The molecule has 1 aromatic carbocycles. The number of rotatable bonds is 8. The molecule has 1 heterocycles. The third-order valence-electron chi connectivity index (χ3n) is 3.44. The lowest BCUT2D eigenvalue weighted by Crippen LogP contribution is -2.23. The Labute approximate surface area is 120 Å². The van der Waals surface area contributed by atoms with E-state index in [1.54, 1.807) is 7.11 Å². The summed E-state index contributed by atoms with van der Waals surface area (Å²) in [6.07, 6.45) is 5.92. The molecule has 0 saturated heterocycles. The van der Waals surface area contributed by atoms with Gasteiger partial charge in [-0.3, -0.25) is 4.68 Å². The van der Waals surface area contributed by atoms with Crippen LogP contribution in [0.5, 0.6) is 5.75 Å². The maximum absolute atomic E-state index is 5.44. The van der Waals surface area contributed by atoms with Crippen LogP contribution in [0.3, 0.4) is 0 Å². The second-order valence-electron chi connectivity index (χ2n) is 4.78. The standard InChI is InChI=1S/C16H23N3O/c1-3-15(14-8-4-5-9-16(14)20-2)17-10-6-12-19-13-7-11-18-19/h4-5,7-9,11,13,15,17H,3,6,10,12H2,1-2H3. The summed E-state index contributed by atoms with van der Waals surface area (Å²) in [5, 5.41) is 7.81. The highest BCUT2D eigenvalue weighted by Gasteiger charge is 2.12. The van der Waals surface area contributed by atoms with E-state index in [0.29, 0.717) is 6.04 Å². The smallest absolute Gasteiger partial charge is 0.123 e. The molecule has 108 valence electrons. The molecule has 4 heteroatoms. The summed E-state index contributed by atoms with van der Waals surface area (Å²) in [6, 6.07) is 10.5. The molecule has 1 N–H and O–H groups in total. The molecule has 0 amide bonds. The van der Waals surface area contributed by atoms with Gasteiger partial charge in [-0.2, -0.15) is 5.10 Å². The van der Waals surface area contributed by atoms with Gasteiger partial charge in [-0.1, -0.05) is 25.1 Å². The van der Waals surface area contributed by atoms with Gasteiger partial charge in [-0.25, -0.2) is 0 Å². The van der Waals surface area contributed by atoms with Crippen molar-refractivity contribution in [2.24, 2.45) is 0 Å². The number of hydrogen-bond donors (Lipinski definition) is 1. The van der Waals surface area contributed by atoms with E-state index in [1.165, 1.54) is 5.56 Å². The highest BCUT2D eigenvalue weighted by atomic mass is 16.5.